The molecule has 7 nitrogen and oxygen atoms in total. The number of hydrogen-bond acceptors (Lipinski definition) is 4. The number of aliphatic hydroxyl groups is 1. The van der Waals surface area contributed by atoms with Crippen molar-refractivity contribution in [2.75, 3.05) is 18.5 Å². The summed E-state index contributed by atoms with van der Waals surface area (Å²) in [5, 5.41) is 11.1. The molecule has 5 N–H and O–H groups in total. The largest absolute Gasteiger partial charge is 0.390 e. The molecule has 0 aliphatic rings. The molecule has 0 fully saturated rings. The third kappa shape index (κ3) is 4.41. The van der Waals surface area contributed by atoms with Gasteiger partial charge < -0.3 is 10.4 Å². The number of quaternary nitrogens is 1. The van der Waals surface area contributed by atoms with Gasteiger partial charge >= 0.3 is 0 Å². The molecule has 1 amide bonds. The van der Waals surface area contributed by atoms with Gasteiger partial charge in [0.15, 0.2) is 0 Å². The molecule has 0 aromatic heterocycles. The van der Waals surface area contributed by atoms with Crippen LogP contribution in [0.5, 0.6) is 0 Å². The molecule has 1 aromatic carbocycles. The van der Waals surface area contributed by atoms with Gasteiger partial charge in [-0.2, -0.15) is 0 Å². The standard InChI is InChI=1S/C10H15N3O4S/c1-8(15)12-9-2-4-10(5-3-9)18(16,17)13-11-6-7-14/h2-5,11,13-14H,6-7H2,1H3,(H,12,15)/p+1. The molecule has 0 atom stereocenters. The molecule has 0 heterocycles. The van der Waals surface area contributed by atoms with E-state index < -0.39 is 10.0 Å². The van der Waals surface area contributed by atoms with E-state index in [1.165, 1.54) is 36.6 Å². The smallest absolute Gasteiger partial charge is 0.282 e. The van der Waals surface area contributed by atoms with E-state index in [1.54, 1.807) is 0 Å². The van der Waals surface area contributed by atoms with Gasteiger partial charge in [0.2, 0.25) is 5.91 Å². The number of carbonyl (C=O) groups is 1. The van der Waals surface area contributed by atoms with Crippen LogP contribution in [0.15, 0.2) is 29.2 Å². The first-order valence-corrected chi connectivity index (χ1v) is 6.76. The first kappa shape index (κ1) is 14.6. The molecular weight excluding hydrogens is 258 g/mol. The first-order chi connectivity index (χ1) is 8.45. The normalized spacial score (nSPS) is 11.2. The molecule has 1 rings (SSSR count). The van der Waals surface area contributed by atoms with Crippen LogP contribution in [-0.2, 0) is 14.8 Å². The summed E-state index contributed by atoms with van der Waals surface area (Å²) < 4.78 is 23.5. The first-order valence-electron chi connectivity index (χ1n) is 5.28. The topological polar surface area (TPSA) is 112 Å². The summed E-state index contributed by atoms with van der Waals surface area (Å²) in [7, 11) is -3.61. The summed E-state index contributed by atoms with van der Waals surface area (Å²) in [6.45, 7) is 1.49. The van der Waals surface area contributed by atoms with Crippen molar-refractivity contribution in [3.8, 4) is 0 Å². The highest BCUT2D eigenvalue weighted by Crippen LogP contribution is 2.13. The SMILES string of the molecule is CC(=O)Nc1ccc(S(=O)(=O)N[NH2+]CCO)cc1. The molecule has 18 heavy (non-hydrogen) atoms. The molecule has 0 radical (unpaired) electrons. The molecule has 8 heteroatoms. The fourth-order valence-electron chi connectivity index (χ4n) is 1.22. The Bertz CT molecular complexity index is 498. The van der Waals surface area contributed by atoms with Crippen LogP contribution in [0.25, 0.3) is 0 Å². The number of rotatable bonds is 6. The number of nitrogens with one attached hydrogen (secondary N) is 2. The molecule has 0 aliphatic carbocycles. The van der Waals surface area contributed by atoms with Crippen LogP contribution in [0.1, 0.15) is 6.92 Å². The molecule has 100 valence electrons. The van der Waals surface area contributed by atoms with E-state index in [2.05, 4.69) is 10.1 Å². The van der Waals surface area contributed by atoms with Crippen molar-refractivity contribution in [2.45, 2.75) is 11.8 Å². The number of amides is 1. The van der Waals surface area contributed by atoms with Gasteiger partial charge in [-0.25, -0.2) is 8.42 Å². The van der Waals surface area contributed by atoms with Gasteiger partial charge in [-0.15, -0.1) is 0 Å². The summed E-state index contributed by atoms with van der Waals surface area (Å²) >= 11 is 0. The predicted molar refractivity (Wildman–Crippen MR) is 64.9 cm³/mol. The zero-order valence-electron chi connectivity index (χ0n) is 9.88. The Balaban J connectivity index is 2.74. The second-order valence-electron chi connectivity index (χ2n) is 3.54. The Kier molecular flexibility index (Phi) is 5.23. The Morgan fingerprint density at radius 2 is 1.94 bits per heavy atom. The lowest BCUT2D eigenvalue weighted by molar-refractivity contribution is -0.691. The number of benzene rings is 1. The summed E-state index contributed by atoms with van der Waals surface area (Å²) in [4.78, 5) is 13.1. The highest BCUT2D eigenvalue weighted by Gasteiger charge is 2.15. The van der Waals surface area contributed by atoms with Crippen molar-refractivity contribution in [1.82, 2.24) is 4.83 Å². The van der Waals surface area contributed by atoms with Gasteiger partial charge in [0.05, 0.1) is 11.5 Å². The van der Waals surface area contributed by atoms with Crippen molar-refractivity contribution in [3.05, 3.63) is 24.3 Å². The number of carbonyl (C=O) groups excluding carboxylic acids is 1. The Morgan fingerprint density at radius 3 is 2.44 bits per heavy atom. The average Bonchev–Trinajstić information content (AvgIpc) is 2.29. The zero-order valence-corrected chi connectivity index (χ0v) is 10.7. The maximum atomic E-state index is 11.7. The number of aliphatic hydroxyl groups excluding tert-OH is 1. The number of nitrogens with two attached hydrogens (primary N) is 1. The molecule has 0 saturated carbocycles. The summed E-state index contributed by atoms with van der Waals surface area (Å²) in [6, 6.07) is 5.78. The molecule has 0 bridgehead atoms. The summed E-state index contributed by atoms with van der Waals surface area (Å²) in [5.74, 6) is -0.222. The summed E-state index contributed by atoms with van der Waals surface area (Å²) in [6.07, 6.45) is 0. The number of sulfonamides is 1. The quantitative estimate of drug-likeness (QED) is 0.284. The summed E-state index contributed by atoms with van der Waals surface area (Å²) in [5.41, 5.74) is 1.80. The van der Waals surface area contributed by atoms with Crippen LogP contribution in [0.4, 0.5) is 5.69 Å². The monoisotopic (exact) mass is 274 g/mol. The second kappa shape index (κ2) is 6.45. The Labute approximate surface area is 105 Å². The van der Waals surface area contributed by atoms with Crippen molar-refractivity contribution in [1.29, 1.82) is 0 Å². The van der Waals surface area contributed by atoms with Crippen LogP contribution >= 0.6 is 0 Å². The average molecular weight is 274 g/mol. The molecule has 0 spiro atoms. The highest BCUT2D eigenvalue weighted by molar-refractivity contribution is 7.89. The van der Waals surface area contributed by atoms with E-state index in [-0.39, 0.29) is 24.0 Å². The van der Waals surface area contributed by atoms with E-state index in [0.717, 1.165) is 0 Å². The van der Waals surface area contributed by atoms with Crippen molar-refractivity contribution >= 4 is 21.6 Å². The Morgan fingerprint density at radius 1 is 1.33 bits per heavy atom. The highest BCUT2D eigenvalue weighted by atomic mass is 32.2. The lowest BCUT2D eigenvalue weighted by atomic mass is 10.3. The molecule has 0 saturated heterocycles. The van der Waals surface area contributed by atoms with E-state index in [4.69, 9.17) is 5.11 Å². The zero-order chi connectivity index (χ0) is 13.6. The van der Waals surface area contributed by atoms with Crippen molar-refractivity contribution in [2.24, 2.45) is 0 Å². The lowest BCUT2D eigenvalue weighted by Crippen LogP contribution is -2.94. The third-order valence-electron chi connectivity index (χ3n) is 2.00. The lowest BCUT2D eigenvalue weighted by Gasteiger charge is -2.06. The van der Waals surface area contributed by atoms with E-state index >= 15 is 0 Å². The van der Waals surface area contributed by atoms with E-state index in [1.807, 2.05) is 0 Å². The minimum atomic E-state index is -3.61. The molecule has 0 unspecified atom stereocenters. The fourth-order valence-corrected chi connectivity index (χ4v) is 2.19. The van der Waals surface area contributed by atoms with Crippen LogP contribution in [0.2, 0.25) is 0 Å². The van der Waals surface area contributed by atoms with Gasteiger partial charge in [-0.05, 0) is 24.3 Å². The van der Waals surface area contributed by atoms with Gasteiger partial charge in [-0.1, -0.05) is 4.83 Å². The fraction of sp³-hybridized carbons (Fsp3) is 0.300. The maximum Gasteiger partial charge on any atom is 0.282 e. The van der Waals surface area contributed by atoms with Gasteiger partial charge in [0.1, 0.15) is 6.54 Å². The van der Waals surface area contributed by atoms with Gasteiger partial charge in [0, 0.05) is 12.6 Å². The predicted octanol–water partition coefficient (Wildman–Crippen LogP) is -1.61. The third-order valence-corrected chi connectivity index (χ3v) is 3.37. The number of anilines is 1. The van der Waals surface area contributed by atoms with Gasteiger partial charge in [0.25, 0.3) is 10.0 Å². The van der Waals surface area contributed by atoms with Crippen LogP contribution in [0.3, 0.4) is 0 Å². The van der Waals surface area contributed by atoms with Crippen LogP contribution < -0.4 is 15.6 Å². The minimum absolute atomic E-state index is 0.0887. The molecule has 1 aromatic rings. The molecule has 0 aliphatic heterocycles. The van der Waals surface area contributed by atoms with Gasteiger partial charge in [-0.3, -0.25) is 10.2 Å². The van der Waals surface area contributed by atoms with E-state index in [9.17, 15) is 13.2 Å². The van der Waals surface area contributed by atoms with E-state index in [0.29, 0.717) is 5.69 Å². The van der Waals surface area contributed by atoms with Crippen LogP contribution in [-0.4, -0.2) is 32.6 Å². The van der Waals surface area contributed by atoms with Crippen LogP contribution in [0, 0.1) is 0 Å². The maximum absolute atomic E-state index is 11.7. The van der Waals surface area contributed by atoms with Crippen molar-refractivity contribution < 1.29 is 23.7 Å². The second-order valence-corrected chi connectivity index (χ2v) is 5.26. The Hall–Kier alpha value is -1.48. The minimum Gasteiger partial charge on any atom is -0.390 e. The number of hydrogen-bond donors (Lipinski definition) is 4. The molecular formula is C10H16N3O4S+. The van der Waals surface area contributed by atoms with Crippen molar-refractivity contribution in [3.63, 3.8) is 0 Å².